The summed E-state index contributed by atoms with van der Waals surface area (Å²) >= 11 is 0. The normalized spacial score (nSPS) is 15.0. The van der Waals surface area contributed by atoms with E-state index in [4.69, 9.17) is 4.43 Å². The molecule has 29 heavy (non-hydrogen) atoms. The van der Waals surface area contributed by atoms with Gasteiger partial charge in [0.15, 0.2) is 0 Å². The molecule has 3 aromatic rings. The molecule has 0 heterocycles. The summed E-state index contributed by atoms with van der Waals surface area (Å²) in [5.74, 6) is 2.51. The molecule has 2 heteroatoms. The third kappa shape index (κ3) is 3.66. The van der Waals surface area contributed by atoms with E-state index >= 15 is 0 Å². The topological polar surface area (TPSA) is 9.23 Å². The molecule has 1 aliphatic carbocycles. The van der Waals surface area contributed by atoms with E-state index in [9.17, 15) is 0 Å². The first-order chi connectivity index (χ1) is 13.9. The van der Waals surface area contributed by atoms with Crippen LogP contribution in [0.15, 0.2) is 78.9 Å². The van der Waals surface area contributed by atoms with E-state index in [1.54, 1.807) is 0 Å². The highest BCUT2D eigenvalue weighted by atomic mass is 28.4. The lowest BCUT2D eigenvalue weighted by molar-refractivity contribution is 0.506. The standard InChI is InChI=1S/C27H31OSi/c1-21-12-11-13-22-20-23(18-19-26(21)22)28-29(27(2,3)4,24-14-7-5-8-15-24)25-16-9-6-10-17-25/h5-10,14-20H,11-13H2,1-4H3. The van der Waals surface area contributed by atoms with Gasteiger partial charge in [-0.15, -0.1) is 0 Å². The predicted molar refractivity (Wildman–Crippen MR) is 126 cm³/mol. The van der Waals surface area contributed by atoms with Crippen molar-refractivity contribution >= 4 is 18.7 Å². The zero-order valence-electron chi connectivity index (χ0n) is 18.0. The molecule has 0 aromatic heterocycles. The Hall–Kier alpha value is -2.32. The van der Waals surface area contributed by atoms with E-state index in [0.29, 0.717) is 0 Å². The Morgan fingerprint density at radius 1 is 0.759 bits per heavy atom. The van der Waals surface area contributed by atoms with Crippen molar-refractivity contribution in [3.63, 3.8) is 0 Å². The van der Waals surface area contributed by atoms with E-state index in [1.807, 2.05) is 0 Å². The van der Waals surface area contributed by atoms with Crippen molar-refractivity contribution in [2.75, 3.05) is 0 Å². The number of benzene rings is 3. The lowest BCUT2D eigenvalue weighted by Gasteiger charge is -2.43. The van der Waals surface area contributed by atoms with Gasteiger partial charge in [-0.25, -0.2) is 0 Å². The van der Waals surface area contributed by atoms with Crippen LogP contribution in [0.2, 0.25) is 5.04 Å². The largest absolute Gasteiger partial charge is 0.534 e. The second-order valence-electron chi connectivity index (χ2n) is 9.22. The fourth-order valence-electron chi connectivity index (χ4n) is 4.76. The molecule has 0 N–H and O–H groups in total. The van der Waals surface area contributed by atoms with Crippen LogP contribution in [0.4, 0.5) is 0 Å². The predicted octanol–water partition coefficient (Wildman–Crippen LogP) is 5.90. The quantitative estimate of drug-likeness (QED) is 0.496. The van der Waals surface area contributed by atoms with E-state index in [1.165, 1.54) is 40.3 Å². The Morgan fingerprint density at radius 2 is 1.34 bits per heavy atom. The number of aryl methyl sites for hydroxylation is 1. The molecule has 0 saturated carbocycles. The smallest absolute Gasteiger partial charge is 0.319 e. The summed E-state index contributed by atoms with van der Waals surface area (Å²) in [4.78, 5) is 0. The van der Waals surface area contributed by atoms with E-state index < -0.39 is 8.32 Å². The van der Waals surface area contributed by atoms with Gasteiger partial charge in [0.2, 0.25) is 0 Å². The van der Waals surface area contributed by atoms with Crippen molar-refractivity contribution in [1.29, 1.82) is 0 Å². The van der Waals surface area contributed by atoms with Crippen LogP contribution in [-0.4, -0.2) is 8.32 Å². The molecule has 0 amide bonds. The van der Waals surface area contributed by atoms with Gasteiger partial charge in [0.05, 0.1) is 0 Å². The summed E-state index contributed by atoms with van der Waals surface area (Å²) in [5, 5.41) is 2.62. The molecule has 0 atom stereocenters. The summed E-state index contributed by atoms with van der Waals surface area (Å²) < 4.78 is 7.17. The van der Waals surface area contributed by atoms with Crippen molar-refractivity contribution in [2.24, 2.45) is 0 Å². The fraction of sp³-hybridized carbons (Fsp3) is 0.296. The van der Waals surface area contributed by atoms with Crippen LogP contribution in [0.25, 0.3) is 0 Å². The van der Waals surface area contributed by atoms with Crippen LogP contribution in [0, 0.1) is 5.92 Å². The summed E-state index contributed by atoms with van der Waals surface area (Å²) in [7, 11) is -2.56. The summed E-state index contributed by atoms with van der Waals surface area (Å²) in [6.45, 7) is 9.25. The van der Waals surface area contributed by atoms with Crippen molar-refractivity contribution < 1.29 is 4.43 Å². The Labute approximate surface area is 176 Å². The molecule has 0 saturated heterocycles. The molecule has 1 radical (unpaired) electrons. The van der Waals surface area contributed by atoms with Gasteiger partial charge in [0.1, 0.15) is 5.75 Å². The molecule has 0 fully saturated rings. The zero-order chi connectivity index (χ0) is 20.5. The van der Waals surface area contributed by atoms with Crippen molar-refractivity contribution in [2.45, 2.75) is 52.0 Å². The highest BCUT2D eigenvalue weighted by Crippen LogP contribution is 2.39. The second kappa shape index (κ2) is 7.83. The summed E-state index contributed by atoms with van der Waals surface area (Å²) in [6.07, 6.45) is 3.59. The summed E-state index contributed by atoms with van der Waals surface area (Å²) in [6, 6.07) is 28.5. The molecule has 149 valence electrons. The Morgan fingerprint density at radius 3 is 1.90 bits per heavy atom. The van der Waals surface area contributed by atoms with Gasteiger partial charge in [0, 0.05) is 5.92 Å². The SMILES string of the molecule is C[C]1CCCc2cc(O[Si](c3ccccc3)(c3ccccc3)C(C)(C)C)ccc21. The third-order valence-corrected chi connectivity index (χ3v) is 11.2. The first kappa shape index (κ1) is 20.0. The molecule has 0 spiro atoms. The van der Waals surface area contributed by atoms with Gasteiger partial charge in [-0.3, -0.25) is 0 Å². The molecule has 0 aliphatic heterocycles. The van der Waals surface area contributed by atoms with Crippen molar-refractivity contribution in [3.05, 3.63) is 95.9 Å². The first-order valence-corrected chi connectivity index (χ1v) is 12.6. The van der Waals surface area contributed by atoms with E-state index in [0.717, 1.165) is 12.2 Å². The number of hydrogen-bond donors (Lipinski definition) is 0. The fourth-order valence-corrected chi connectivity index (χ4v) is 9.17. The lowest BCUT2D eigenvalue weighted by Crippen LogP contribution is -2.68. The number of fused-ring (bicyclic) bond motifs is 1. The van der Waals surface area contributed by atoms with Crippen molar-refractivity contribution in [3.8, 4) is 5.75 Å². The average Bonchev–Trinajstić information content (AvgIpc) is 2.72. The highest BCUT2D eigenvalue weighted by Gasteiger charge is 2.52. The van der Waals surface area contributed by atoms with Gasteiger partial charge in [-0.1, -0.05) is 94.4 Å². The minimum Gasteiger partial charge on any atom is -0.534 e. The Balaban J connectivity index is 1.87. The molecular weight excluding hydrogens is 368 g/mol. The third-order valence-electron chi connectivity index (χ3n) is 6.22. The minimum absolute atomic E-state index is 0.0202. The van der Waals surface area contributed by atoms with E-state index in [-0.39, 0.29) is 5.04 Å². The number of rotatable bonds is 4. The highest BCUT2D eigenvalue weighted by molar-refractivity contribution is 7.00. The van der Waals surface area contributed by atoms with Gasteiger partial charge >= 0.3 is 8.32 Å². The lowest BCUT2D eigenvalue weighted by atomic mass is 9.84. The molecule has 1 nitrogen and oxygen atoms in total. The Kier molecular flexibility index (Phi) is 5.39. The molecule has 0 bridgehead atoms. The second-order valence-corrected chi connectivity index (χ2v) is 13.4. The molecule has 3 aromatic carbocycles. The number of hydrogen-bond acceptors (Lipinski definition) is 1. The van der Waals surface area contributed by atoms with Crippen LogP contribution in [0.3, 0.4) is 0 Å². The van der Waals surface area contributed by atoms with Gasteiger partial charge < -0.3 is 4.43 Å². The zero-order valence-corrected chi connectivity index (χ0v) is 19.0. The monoisotopic (exact) mass is 399 g/mol. The van der Waals surface area contributed by atoms with Crippen molar-refractivity contribution in [1.82, 2.24) is 0 Å². The minimum atomic E-state index is -2.56. The molecule has 4 rings (SSSR count). The molecule has 1 aliphatic rings. The van der Waals surface area contributed by atoms with Crippen LogP contribution in [0.1, 0.15) is 51.7 Å². The van der Waals surface area contributed by atoms with Crippen LogP contribution < -0.4 is 14.8 Å². The van der Waals surface area contributed by atoms with Gasteiger partial charge in [-0.05, 0) is 57.9 Å². The van der Waals surface area contributed by atoms with Crippen LogP contribution in [-0.2, 0) is 6.42 Å². The van der Waals surface area contributed by atoms with E-state index in [2.05, 4.69) is 107 Å². The maximum Gasteiger partial charge on any atom is 0.319 e. The maximum absolute atomic E-state index is 7.17. The Bertz CT molecular complexity index is 917. The van der Waals surface area contributed by atoms with Gasteiger partial charge in [-0.2, -0.15) is 0 Å². The first-order valence-electron chi connectivity index (χ1n) is 10.7. The van der Waals surface area contributed by atoms with Crippen LogP contribution in [0.5, 0.6) is 5.75 Å². The summed E-state index contributed by atoms with van der Waals surface area (Å²) in [5.41, 5.74) is 2.86. The average molecular weight is 400 g/mol. The van der Waals surface area contributed by atoms with Gasteiger partial charge in [0.25, 0.3) is 0 Å². The molecular formula is C27H31OSi. The van der Waals surface area contributed by atoms with Crippen LogP contribution >= 0.6 is 0 Å². The molecule has 0 unspecified atom stereocenters. The maximum atomic E-state index is 7.17.